The van der Waals surface area contributed by atoms with E-state index < -0.39 is 5.60 Å². The fourth-order valence-electron chi connectivity index (χ4n) is 3.78. The third-order valence-corrected chi connectivity index (χ3v) is 5.27. The fraction of sp³-hybridized carbons (Fsp3) is 0.750. The number of likely N-dealkylation sites (N-methyl/N-ethyl adjacent to an activating group) is 1. The first kappa shape index (κ1) is 16.4. The number of ether oxygens (including phenoxy) is 1. The van der Waals surface area contributed by atoms with Gasteiger partial charge in [0.1, 0.15) is 11.3 Å². The van der Waals surface area contributed by atoms with Gasteiger partial charge in [0.25, 0.3) is 5.91 Å². The normalized spacial score (nSPS) is 30.8. The van der Waals surface area contributed by atoms with E-state index in [1.165, 1.54) is 0 Å². The van der Waals surface area contributed by atoms with Crippen LogP contribution in [0.1, 0.15) is 36.7 Å². The van der Waals surface area contributed by atoms with Gasteiger partial charge in [-0.1, -0.05) is 0 Å². The van der Waals surface area contributed by atoms with Crippen LogP contribution in [0.4, 0.5) is 0 Å². The van der Waals surface area contributed by atoms with Gasteiger partial charge in [0.15, 0.2) is 0 Å². The molecule has 3 rings (SSSR count). The Labute approximate surface area is 136 Å². The zero-order valence-electron chi connectivity index (χ0n) is 14.1. The van der Waals surface area contributed by atoms with Crippen LogP contribution >= 0.6 is 0 Å². The van der Waals surface area contributed by atoms with Crippen LogP contribution in [0.15, 0.2) is 12.3 Å². The number of amides is 1. The number of aliphatic hydroxyl groups is 1. The molecule has 23 heavy (non-hydrogen) atoms. The molecule has 2 N–H and O–H groups in total. The van der Waals surface area contributed by atoms with E-state index in [9.17, 15) is 9.90 Å². The molecule has 0 saturated carbocycles. The molecular formula is C16H26N4O3. The van der Waals surface area contributed by atoms with Crippen molar-refractivity contribution in [3.63, 3.8) is 0 Å². The minimum absolute atomic E-state index is 0.00989. The number of carbonyl (C=O) groups is 1. The number of aromatic nitrogens is 2. The number of hydrogen-bond donors (Lipinski definition) is 2. The lowest BCUT2D eigenvalue weighted by atomic mass is 9.77. The van der Waals surface area contributed by atoms with E-state index in [-0.39, 0.29) is 17.6 Å². The molecule has 2 saturated heterocycles. The highest BCUT2D eigenvalue weighted by Crippen LogP contribution is 2.39. The van der Waals surface area contributed by atoms with Gasteiger partial charge in [-0.25, -0.2) is 0 Å². The predicted molar refractivity (Wildman–Crippen MR) is 85.1 cm³/mol. The maximum atomic E-state index is 12.4. The Morgan fingerprint density at radius 3 is 2.74 bits per heavy atom. The summed E-state index contributed by atoms with van der Waals surface area (Å²) in [6.07, 6.45) is 3.98. The van der Waals surface area contributed by atoms with Crippen molar-refractivity contribution in [3.05, 3.63) is 18.0 Å². The Morgan fingerprint density at radius 2 is 2.17 bits per heavy atom. The van der Waals surface area contributed by atoms with E-state index in [1.807, 2.05) is 25.9 Å². The molecule has 0 unspecified atom stereocenters. The lowest BCUT2D eigenvalue weighted by molar-refractivity contribution is -0.205. The van der Waals surface area contributed by atoms with Gasteiger partial charge in [0, 0.05) is 25.3 Å². The SMILES string of the molecule is CN(C)[C@H]1CC2(CCN(C(=O)c3ccn[nH]3)CC2)OC[C@]1(C)O. The van der Waals surface area contributed by atoms with Gasteiger partial charge in [-0.05, 0) is 46.3 Å². The zero-order valence-corrected chi connectivity index (χ0v) is 14.1. The molecule has 0 bridgehead atoms. The summed E-state index contributed by atoms with van der Waals surface area (Å²) in [4.78, 5) is 16.3. The van der Waals surface area contributed by atoms with Crippen molar-refractivity contribution in [2.75, 3.05) is 33.8 Å². The molecule has 1 amide bonds. The van der Waals surface area contributed by atoms with Gasteiger partial charge in [0.05, 0.1) is 12.2 Å². The minimum atomic E-state index is -0.836. The molecule has 0 aromatic carbocycles. The lowest BCUT2D eigenvalue weighted by Gasteiger charge is -2.52. The average molecular weight is 322 g/mol. The average Bonchev–Trinajstić information content (AvgIpc) is 3.04. The molecule has 0 aliphatic carbocycles. The summed E-state index contributed by atoms with van der Waals surface area (Å²) in [7, 11) is 3.99. The number of piperidine rings is 1. The molecule has 128 valence electrons. The molecule has 1 spiro atoms. The molecule has 2 aliphatic heterocycles. The number of aromatic amines is 1. The van der Waals surface area contributed by atoms with Crippen molar-refractivity contribution in [1.82, 2.24) is 20.0 Å². The minimum Gasteiger partial charge on any atom is -0.386 e. The highest BCUT2D eigenvalue weighted by atomic mass is 16.5. The smallest absolute Gasteiger partial charge is 0.271 e. The number of likely N-dealkylation sites (tertiary alicyclic amines) is 1. The van der Waals surface area contributed by atoms with E-state index in [0.717, 1.165) is 19.3 Å². The van der Waals surface area contributed by atoms with E-state index in [1.54, 1.807) is 12.3 Å². The van der Waals surface area contributed by atoms with Gasteiger partial charge < -0.3 is 19.6 Å². The van der Waals surface area contributed by atoms with Gasteiger partial charge in [-0.3, -0.25) is 9.89 Å². The summed E-state index contributed by atoms with van der Waals surface area (Å²) in [6, 6.07) is 1.76. The summed E-state index contributed by atoms with van der Waals surface area (Å²) in [5, 5.41) is 17.1. The maximum Gasteiger partial charge on any atom is 0.271 e. The molecule has 2 atom stereocenters. The number of carbonyl (C=O) groups excluding carboxylic acids is 1. The predicted octanol–water partition coefficient (Wildman–Crippen LogP) is 0.486. The summed E-state index contributed by atoms with van der Waals surface area (Å²) >= 11 is 0. The second kappa shape index (κ2) is 5.89. The molecule has 3 heterocycles. The molecular weight excluding hydrogens is 296 g/mol. The van der Waals surface area contributed by atoms with Gasteiger partial charge in [-0.15, -0.1) is 0 Å². The highest BCUT2D eigenvalue weighted by Gasteiger charge is 2.49. The van der Waals surface area contributed by atoms with Crippen LogP contribution < -0.4 is 0 Å². The number of nitrogens with zero attached hydrogens (tertiary/aromatic N) is 3. The van der Waals surface area contributed by atoms with E-state index in [2.05, 4.69) is 15.1 Å². The van der Waals surface area contributed by atoms with Crippen LogP contribution in [0, 0.1) is 0 Å². The zero-order chi connectivity index (χ0) is 16.7. The standard InChI is InChI=1S/C16H26N4O3/c1-15(22)11-23-16(10-13(15)19(2)3)5-8-20(9-6-16)14(21)12-4-7-17-18-12/h4,7,13,22H,5-6,8-11H2,1-3H3,(H,17,18)/t13-,15-/m0/s1. The van der Waals surface area contributed by atoms with Crippen molar-refractivity contribution in [3.8, 4) is 0 Å². The van der Waals surface area contributed by atoms with Crippen LogP contribution in [0.5, 0.6) is 0 Å². The number of nitrogens with one attached hydrogen (secondary N) is 1. The summed E-state index contributed by atoms with van der Waals surface area (Å²) in [5.41, 5.74) is -0.542. The second-order valence-corrected chi connectivity index (χ2v) is 7.27. The van der Waals surface area contributed by atoms with Gasteiger partial charge in [0.2, 0.25) is 0 Å². The first-order valence-electron chi connectivity index (χ1n) is 8.14. The summed E-state index contributed by atoms with van der Waals surface area (Å²) in [5.74, 6) is -0.00989. The number of hydrogen-bond acceptors (Lipinski definition) is 5. The number of H-pyrrole nitrogens is 1. The van der Waals surface area contributed by atoms with Gasteiger partial charge >= 0.3 is 0 Å². The molecule has 7 nitrogen and oxygen atoms in total. The topological polar surface area (TPSA) is 81.7 Å². The molecule has 2 fully saturated rings. The third-order valence-electron chi connectivity index (χ3n) is 5.27. The number of rotatable bonds is 2. The quantitative estimate of drug-likeness (QED) is 0.828. The largest absolute Gasteiger partial charge is 0.386 e. The van der Waals surface area contributed by atoms with E-state index >= 15 is 0 Å². The molecule has 1 aromatic heterocycles. The molecule has 7 heteroatoms. The second-order valence-electron chi connectivity index (χ2n) is 7.27. The van der Waals surface area contributed by atoms with Crippen LogP contribution in [0.2, 0.25) is 0 Å². The Bertz CT molecular complexity index is 548. The summed E-state index contributed by atoms with van der Waals surface area (Å²) in [6.45, 7) is 3.51. The molecule has 1 aromatic rings. The fourth-order valence-corrected chi connectivity index (χ4v) is 3.78. The van der Waals surface area contributed by atoms with Crippen LogP contribution in [0.3, 0.4) is 0 Å². The Balaban J connectivity index is 1.65. The maximum absolute atomic E-state index is 12.4. The first-order chi connectivity index (χ1) is 10.8. The third kappa shape index (κ3) is 3.13. The molecule has 2 aliphatic rings. The lowest BCUT2D eigenvalue weighted by Crippen LogP contribution is -2.63. The Hall–Kier alpha value is -1.44. The first-order valence-corrected chi connectivity index (χ1v) is 8.14. The van der Waals surface area contributed by atoms with Crippen molar-refractivity contribution in [2.45, 2.75) is 43.4 Å². The Kier molecular flexibility index (Phi) is 4.20. The van der Waals surface area contributed by atoms with E-state index in [4.69, 9.17) is 4.74 Å². The van der Waals surface area contributed by atoms with Crippen molar-refractivity contribution < 1.29 is 14.6 Å². The highest BCUT2D eigenvalue weighted by molar-refractivity contribution is 5.92. The van der Waals surface area contributed by atoms with Crippen molar-refractivity contribution >= 4 is 5.91 Å². The summed E-state index contributed by atoms with van der Waals surface area (Å²) < 4.78 is 6.09. The molecule has 0 radical (unpaired) electrons. The van der Waals surface area contributed by atoms with Crippen LogP contribution in [-0.4, -0.2) is 82.0 Å². The van der Waals surface area contributed by atoms with Gasteiger partial charge in [-0.2, -0.15) is 5.10 Å². The van der Waals surface area contributed by atoms with Crippen molar-refractivity contribution in [1.29, 1.82) is 0 Å². The Morgan fingerprint density at radius 1 is 1.48 bits per heavy atom. The monoisotopic (exact) mass is 322 g/mol. The van der Waals surface area contributed by atoms with E-state index in [0.29, 0.717) is 25.4 Å². The van der Waals surface area contributed by atoms with Crippen molar-refractivity contribution in [2.24, 2.45) is 0 Å². The van der Waals surface area contributed by atoms with Crippen LogP contribution in [0.25, 0.3) is 0 Å². The van der Waals surface area contributed by atoms with Crippen LogP contribution in [-0.2, 0) is 4.74 Å².